The predicted molar refractivity (Wildman–Crippen MR) is 93.2 cm³/mol. The molecule has 0 fully saturated rings. The topological polar surface area (TPSA) is 12.0 Å². The minimum Gasteiger partial charge on any atom is -0.313 e. The SMILES string of the molecule is CC(=CCNCC(C)C)c1ccccc1-c1ccccc1. The molecular formula is C20H25N. The highest BCUT2D eigenvalue weighted by atomic mass is 14.8. The molecule has 0 unspecified atom stereocenters. The molecule has 0 saturated heterocycles. The number of hydrogen-bond acceptors (Lipinski definition) is 1. The molecular weight excluding hydrogens is 254 g/mol. The van der Waals surface area contributed by atoms with E-state index in [1.807, 2.05) is 0 Å². The zero-order chi connectivity index (χ0) is 15.1. The summed E-state index contributed by atoms with van der Waals surface area (Å²) in [5.41, 5.74) is 5.22. The van der Waals surface area contributed by atoms with Gasteiger partial charge in [0, 0.05) is 6.54 Å². The summed E-state index contributed by atoms with van der Waals surface area (Å²) in [7, 11) is 0. The minimum absolute atomic E-state index is 0.690. The normalized spacial score (nSPS) is 11.9. The van der Waals surface area contributed by atoms with E-state index >= 15 is 0 Å². The molecule has 0 aliphatic heterocycles. The van der Waals surface area contributed by atoms with E-state index in [0.29, 0.717) is 5.92 Å². The Morgan fingerprint density at radius 1 is 1.00 bits per heavy atom. The molecule has 1 nitrogen and oxygen atoms in total. The van der Waals surface area contributed by atoms with E-state index in [2.05, 4.69) is 86.8 Å². The van der Waals surface area contributed by atoms with Crippen LogP contribution in [0.25, 0.3) is 16.7 Å². The smallest absolute Gasteiger partial charge is 0.0140 e. The fourth-order valence-corrected chi connectivity index (χ4v) is 2.40. The Balaban J connectivity index is 2.18. The van der Waals surface area contributed by atoms with E-state index in [0.717, 1.165) is 13.1 Å². The first-order chi connectivity index (χ1) is 10.2. The van der Waals surface area contributed by atoms with E-state index in [1.54, 1.807) is 0 Å². The summed E-state index contributed by atoms with van der Waals surface area (Å²) in [5, 5.41) is 3.47. The largest absolute Gasteiger partial charge is 0.313 e. The first-order valence-corrected chi connectivity index (χ1v) is 7.71. The van der Waals surface area contributed by atoms with Crippen molar-refractivity contribution in [1.29, 1.82) is 0 Å². The molecule has 0 spiro atoms. The molecule has 0 bridgehead atoms. The van der Waals surface area contributed by atoms with Gasteiger partial charge in [-0.1, -0.05) is 74.5 Å². The van der Waals surface area contributed by atoms with Crippen molar-refractivity contribution in [2.24, 2.45) is 5.92 Å². The van der Waals surface area contributed by atoms with Gasteiger partial charge in [-0.25, -0.2) is 0 Å². The van der Waals surface area contributed by atoms with Crippen LogP contribution in [0.15, 0.2) is 60.7 Å². The van der Waals surface area contributed by atoms with Crippen LogP contribution in [0.3, 0.4) is 0 Å². The summed E-state index contributed by atoms with van der Waals surface area (Å²) in [6.07, 6.45) is 2.28. The molecule has 0 aliphatic carbocycles. The fraction of sp³-hybridized carbons (Fsp3) is 0.300. The lowest BCUT2D eigenvalue weighted by atomic mass is 9.95. The van der Waals surface area contributed by atoms with Gasteiger partial charge in [0.15, 0.2) is 0 Å². The molecule has 0 aliphatic rings. The summed E-state index contributed by atoms with van der Waals surface area (Å²) in [6.45, 7) is 8.64. The van der Waals surface area contributed by atoms with E-state index in [1.165, 1.54) is 22.3 Å². The van der Waals surface area contributed by atoms with Crippen LogP contribution in [0.2, 0.25) is 0 Å². The second-order valence-electron chi connectivity index (χ2n) is 5.85. The van der Waals surface area contributed by atoms with Crippen LogP contribution in [-0.4, -0.2) is 13.1 Å². The lowest BCUT2D eigenvalue weighted by molar-refractivity contribution is 0.577. The Kier molecular flexibility index (Phi) is 5.77. The Morgan fingerprint density at radius 2 is 1.67 bits per heavy atom. The second kappa shape index (κ2) is 7.80. The minimum atomic E-state index is 0.690. The van der Waals surface area contributed by atoms with Crippen molar-refractivity contribution in [2.45, 2.75) is 20.8 Å². The third-order valence-electron chi connectivity index (χ3n) is 3.54. The summed E-state index contributed by atoms with van der Waals surface area (Å²) in [5.74, 6) is 0.690. The standard InChI is InChI=1S/C20H25N/c1-16(2)15-21-14-13-17(3)19-11-7-8-12-20(19)18-9-5-4-6-10-18/h4-13,16,21H,14-15H2,1-3H3. The fourth-order valence-electron chi connectivity index (χ4n) is 2.40. The van der Waals surface area contributed by atoms with E-state index in [4.69, 9.17) is 0 Å². The van der Waals surface area contributed by atoms with Crippen LogP contribution in [0.1, 0.15) is 26.3 Å². The Morgan fingerprint density at radius 3 is 2.38 bits per heavy atom. The van der Waals surface area contributed by atoms with E-state index < -0.39 is 0 Å². The van der Waals surface area contributed by atoms with Crippen LogP contribution >= 0.6 is 0 Å². The molecule has 0 radical (unpaired) electrons. The maximum Gasteiger partial charge on any atom is 0.0140 e. The number of benzene rings is 2. The lowest BCUT2D eigenvalue weighted by Gasteiger charge is -2.11. The number of allylic oxidation sites excluding steroid dienone is 1. The van der Waals surface area contributed by atoms with Gasteiger partial charge in [0.05, 0.1) is 0 Å². The molecule has 0 aromatic heterocycles. The van der Waals surface area contributed by atoms with Crippen molar-refractivity contribution >= 4 is 5.57 Å². The van der Waals surface area contributed by atoms with Crippen molar-refractivity contribution in [1.82, 2.24) is 5.32 Å². The molecule has 2 aromatic rings. The maximum absolute atomic E-state index is 3.47. The van der Waals surface area contributed by atoms with E-state index in [9.17, 15) is 0 Å². The van der Waals surface area contributed by atoms with Crippen molar-refractivity contribution in [3.63, 3.8) is 0 Å². The number of rotatable bonds is 6. The van der Waals surface area contributed by atoms with Crippen LogP contribution in [0, 0.1) is 5.92 Å². The van der Waals surface area contributed by atoms with Gasteiger partial charge in [0.25, 0.3) is 0 Å². The summed E-state index contributed by atoms with van der Waals surface area (Å²) >= 11 is 0. The van der Waals surface area contributed by atoms with Gasteiger partial charge in [0.1, 0.15) is 0 Å². The zero-order valence-corrected chi connectivity index (χ0v) is 13.3. The lowest BCUT2D eigenvalue weighted by Crippen LogP contribution is -2.19. The first kappa shape index (κ1) is 15.5. The summed E-state index contributed by atoms with van der Waals surface area (Å²) in [6, 6.07) is 19.2. The summed E-state index contributed by atoms with van der Waals surface area (Å²) < 4.78 is 0. The average molecular weight is 279 g/mol. The summed E-state index contributed by atoms with van der Waals surface area (Å²) in [4.78, 5) is 0. The predicted octanol–water partition coefficient (Wildman–Crippen LogP) is 5.00. The van der Waals surface area contributed by atoms with Crippen LogP contribution in [-0.2, 0) is 0 Å². The Labute approximate surface area is 128 Å². The number of hydrogen-bond donors (Lipinski definition) is 1. The van der Waals surface area contributed by atoms with Crippen LogP contribution in [0.5, 0.6) is 0 Å². The highest BCUT2D eigenvalue weighted by molar-refractivity contribution is 5.80. The molecule has 0 heterocycles. The monoisotopic (exact) mass is 279 g/mol. The van der Waals surface area contributed by atoms with Crippen molar-refractivity contribution in [3.05, 3.63) is 66.2 Å². The van der Waals surface area contributed by atoms with Gasteiger partial charge in [-0.15, -0.1) is 0 Å². The molecule has 110 valence electrons. The van der Waals surface area contributed by atoms with Gasteiger partial charge in [-0.05, 0) is 41.6 Å². The van der Waals surface area contributed by atoms with E-state index in [-0.39, 0.29) is 0 Å². The van der Waals surface area contributed by atoms with Gasteiger partial charge in [-0.2, -0.15) is 0 Å². The quantitative estimate of drug-likeness (QED) is 0.733. The molecule has 2 aromatic carbocycles. The number of nitrogens with one attached hydrogen (secondary N) is 1. The Hall–Kier alpha value is -1.86. The first-order valence-electron chi connectivity index (χ1n) is 7.71. The van der Waals surface area contributed by atoms with Crippen molar-refractivity contribution in [3.8, 4) is 11.1 Å². The second-order valence-corrected chi connectivity index (χ2v) is 5.85. The molecule has 2 rings (SSSR count). The molecule has 0 saturated carbocycles. The Bertz CT molecular complexity index is 582. The average Bonchev–Trinajstić information content (AvgIpc) is 2.52. The van der Waals surface area contributed by atoms with Crippen LogP contribution < -0.4 is 5.32 Å². The van der Waals surface area contributed by atoms with Gasteiger partial charge >= 0.3 is 0 Å². The molecule has 1 heteroatoms. The highest BCUT2D eigenvalue weighted by Gasteiger charge is 2.05. The van der Waals surface area contributed by atoms with Gasteiger partial charge in [-0.3, -0.25) is 0 Å². The van der Waals surface area contributed by atoms with Crippen molar-refractivity contribution < 1.29 is 0 Å². The van der Waals surface area contributed by atoms with Crippen LogP contribution in [0.4, 0.5) is 0 Å². The molecule has 0 amide bonds. The van der Waals surface area contributed by atoms with Gasteiger partial charge < -0.3 is 5.32 Å². The zero-order valence-electron chi connectivity index (χ0n) is 13.3. The molecule has 0 atom stereocenters. The molecule has 21 heavy (non-hydrogen) atoms. The molecule has 1 N–H and O–H groups in total. The highest BCUT2D eigenvalue weighted by Crippen LogP contribution is 2.28. The van der Waals surface area contributed by atoms with Gasteiger partial charge in [0.2, 0.25) is 0 Å². The van der Waals surface area contributed by atoms with Crippen molar-refractivity contribution in [2.75, 3.05) is 13.1 Å². The third-order valence-corrected chi connectivity index (χ3v) is 3.54. The third kappa shape index (κ3) is 4.57. The maximum atomic E-state index is 3.47.